The van der Waals surface area contributed by atoms with Crippen LogP contribution in [0, 0.1) is 0 Å². The van der Waals surface area contributed by atoms with Gasteiger partial charge in [0.2, 0.25) is 17.6 Å². The number of carbonyl (C=O) groups is 1. The van der Waals surface area contributed by atoms with Crippen molar-refractivity contribution in [2.45, 2.75) is 0 Å². The Labute approximate surface area is 98.2 Å². The normalized spacial score (nSPS) is 9.93. The van der Waals surface area contributed by atoms with E-state index in [1.54, 1.807) is 0 Å². The monoisotopic (exact) mass is 274 g/mol. The third-order valence-corrected chi connectivity index (χ3v) is 1.96. The van der Waals surface area contributed by atoms with Crippen molar-refractivity contribution >= 4 is 53.4 Å². The van der Waals surface area contributed by atoms with E-state index in [1.807, 2.05) is 0 Å². The number of nitrogens with zero attached hydrogens (tertiary/aromatic N) is 2. The summed E-state index contributed by atoms with van der Waals surface area (Å²) in [6.07, 6.45) is 1.13. The summed E-state index contributed by atoms with van der Waals surface area (Å²) in [6, 6.07) is 0. The number of carbonyl (C=O) groups excluding carboxylic acids is 1. The molecule has 14 heavy (non-hydrogen) atoms. The average Bonchev–Trinajstić information content (AvgIpc) is 2.14. The molecule has 0 saturated carbocycles. The molecule has 0 aliphatic rings. The van der Waals surface area contributed by atoms with Gasteiger partial charge in [0.25, 0.3) is 0 Å². The van der Waals surface area contributed by atoms with Crippen molar-refractivity contribution < 1.29 is 12.7 Å². The molecular weight excluding hydrogens is 274 g/mol. The van der Waals surface area contributed by atoms with Crippen LogP contribution in [0.4, 0.5) is 0 Å². The largest absolute Gasteiger partial charge is 0.359 e. The Morgan fingerprint density at radius 1 is 1.50 bits per heavy atom. The van der Waals surface area contributed by atoms with Crippen molar-refractivity contribution in [1.29, 1.82) is 0 Å². The van der Waals surface area contributed by atoms with Crippen LogP contribution in [0.3, 0.4) is 0 Å². The topological polar surface area (TPSA) is 61.3 Å². The minimum absolute atomic E-state index is 0.0303. The van der Waals surface area contributed by atoms with Crippen LogP contribution in [0.15, 0.2) is 6.20 Å². The smallest absolute Gasteiger partial charge is 0.356 e. The van der Waals surface area contributed by atoms with Gasteiger partial charge in [0.15, 0.2) is 0 Å². The van der Waals surface area contributed by atoms with Crippen LogP contribution in [-0.2, 0) is 7.92 Å². The number of rotatable bonds is 3. The van der Waals surface area contributed by atoms with Crippen molar-refractivity contribution in [2.24, 2.45) is 0 Å². The summed E-state index contributed by atoms with van der Waals surface area (Å²) >= 11 is 16.1. The van der Waals surface area contributed by atoms with Gasteiger partial charge in [-0.05, 0) is 11.6 Å². The Kier molecular flexibility index (Phi) is 4.70. The molecule has 0 aliphatic heterocycles. The van der Waals surface area contributed by atoms with E-state index in [1.165, 1.54) is 0 Å². The third kappa shape index (κ3) is 3.14. The van der Waals surface area contributed by atoms with Crippen LogP contribution in [0.25, 0.3) is 0 Å². The Bertz CT molecular complexity index is 351. The molecule has 0 atom stereocenters. The summed E-state index contributed by atoms with van der Waals surface area (Å²) < 4.78 is 8.35. The molecule has 0 saturated heterocycles. The van der Waals surface area contributed by atoms with E-state index in [4.69, 9.17) is 35.1 Å². The van der Waals surface area contributed by atoms with E-state index in [0.29, 0.717) is 12.3 Å². The Morgan fingerprint density at radius 3 is 2.79 bits per heavy atom. The zero-order valence-electron chi connectivity index (χ0n) is 6.24. The first-order valence-electron chi connectivity index (χ1n) is 2.99. The molecule has 0 amide bonds. The highest BCUT2D eigenvalue weighted by Crippen LogP contribution is 2.18. The molecule has 0 N–H and O–H groups in total. The number of halogens is 3. The van der Waals surface area contributed by atoms with Gasteiger partial charge in [-0.25, -0.2) is 14.8 Å². The van der Waals surface area contributed by atoms with Crippen molar-refractivity contribution in [3.63, 3.8) is 0 Å². The van der Waals surface area contributed by atoms with Crippen LogP contribution in [-0.4, -0.2) is 15.9 Å². The molecule has 0 unspecified atom stereocenters. The molecule has 0 spiro atoms. The first kappa shape index (κ1) is 11.8. The number of hydrogen-bond acceptors (Lipinski definition) is 6. The second kappa shape index (κ2) is 5.57. The summed E-state index contributed by atoms with van der Waals surface area (Å²) in [7, 11) is 0. The molecule has 9 heteroatoms. The van der Waals surface area contributed by atoms with E-state index < -0.39 is 5.97 Å². The van der Waals surface area contributed by atoms with Crippen molar-refractivity contribution in [1.82, 2.24) is 9.97 Å². The second-order valence-electron chi connectivity index (χ2n) is 1.85. The molecule has 0 aromatic carbocycles. The quantitative estimate of drug-likeness (QED) is 0.480. The summed E-state index contributed by atoms with van der Waals surface area (Å²) in [5.41, 5.74) is -0.0303. The summed E-state index contributed by atoms with van der Waals surface area (Å²) in [6.45, 7) is 0. The first-order chi connectivity index (χ1) is 6.65. The molecule has 1 aromatic rings. The van der Waals surface area contributed by atoms with Crippen LogP contribution >= 0.6 is 47.4 Å². The lowest BCUT2D eigenvalue weighted by atomic mass is 10.3. The highest BCUT2D eigenvalue weighted by Gasteiger charge is 2.15. The van der Waals surface area contributed by atoms with Crippen molar-refractivity contribution in [2.75, 3.05) is 0 Å². The lowest BCUT2D eigenvalue weighted by Crippen LogP contribution is -2.03. The Balaban J connectivity index is 2.80. The second-order valence-corrected chi connectivity index (χ2v) is 3.35. The van der Waals surface area contributed by atoms with Gasteiger partial charge >= 0.3 is 5.97 Å². The van der Waals surface area contributed by atoms with Gasteiger partial charge in [0, 0.05) is 6.20 Å². The fourth-order valence-electron chi connectivity index (χ4n) is 0.567. The molecule has 1 aromatic heterocycles. The van der Waals surface area contributed by atoms with Crippen LogP contribution in [0.2, 0.25) is 10.4 Å². The minimum atomic E-state index is -0.780. The maximum atomic E-state index is 11.1. The van der Waals surface area contributed by atoms with E-state index in [0.717, 1.165) is 6.20 Å². The van der Waals surface area contributed by atoms with E-state index in [2.05, 4.69) is 17.9 Å². The fourth-order valence-corrected chi connectivity index (χ4v) is 1.20. The van der Waals surface area contributed by atoms with E-state index in [-0.39, 0.29) is 16.0 Å². The Morgan fingerprint density at radius 2 is 2.21 bits per heavy atom. The van der Waals surface area contributed by atoms with Crippen LogP contribution < -0.4 is 0 Å². The predicted octanol–water partition coefficient (Wildman–Crippen LogP) is 2.67. The van der Waals surface area contributed by atoms with Crippen molar-refractivity contribution in [3.05, 3.63) is 22.2 Å². The molecule has 0 aliphatic carbocycles. The Hall–Kier alpha value is -0.270. The number of aromatic nitrogens is 2. The molecule has 1 rings (SSSR count). The zero-order chi connectivity index (χ0) is 10.6. The van der Waals surface area contributed by atoms with E-state index in [9.17, 15) is 4.79 Å². The standard InChI is InChI=1S/C5HCl3N2O3S/c6-3-2(1-9-5(7)10-3)4(11)12-14-13-8/h1H. The molecule has 0 radical (unpaired) electrons. The van der Waals surface area contributed by atoms with Gasteiger partial charge in [-0.2, -0.15) is 3.74 Å². The van der Waals surface area contributed by atoms with E-state index >= 15 is 0 Å². The van der Waals surface area contributed by atoms with Crippen LogP contribution in [0.1, 0.15) is 10.4 Å². The van der Waals surface area contributed by atoms with Gasteiger partial charge in [-0.1, -0.05) is 11.6 Å². The average molecular weight is 276 g/mol. The summed E-state index contributed by atoms with van der Waals surface area (Å²) in [5, 5.41) is -0.169. The van der Waals surface area contributed by atoms with Gasteiger partial charge in [0.05, 0.1) is 11.9 Å². The van der Waals surface area contributed by atoms with Crippen LogP contribution in [0.5, 0.6) is 0 Å². The lowest BCUT2D eigenvalue weighted by Gasteiger charge is -2.00. The van der Waals surface area contributed by atoms with Crippen molar-refractivity contribution in [3.8, 4) is 0 Å². The highest BCUT2D eigenvalue weighted by molar-refractivity contribution is 7.90. The third-order valence-electron chi connectivity index (χ3n) is 1.07. The maximum absolute atomic E-state index is 11.1. The maximum Gasteiger partial charge on any atom is 0.356 e. The minimum Gasteiger partial charge on any atom is -0.359 e. The number of hydrogen-bond donors (Lipinski definition) is 0. The summed E-state index contributed by atoms with van der Waals surface area (Å²) in [4.78, 5) is 18.2. The SMILES string of the molecule is O=C(OSOCl)c1cnc(Cl)nc1Cl. The molecule has 76 valence electrons. The summed E-state index contributed by atoms with van der Waals surface area (Å²) in [5.74, 6) is -0.780. The lowest BCUT2D eigenvalue weighted by molar-refractivity contribution is 0.0759. The molecule has 1 heterocycles. The predicted molar refractivity (Wildman–Crippen MR) is 52.0 cm³/mol. The molecule has 5 nitrogen and oxygen atoms in total. The fraction of sp³-hybridized carbons (Fsp3) is 0. The first-order valence-corrected chi connectivity index (χ1v) is 4.72. The zero-order valence-corrected chi connectivity index (χ0v) is 9.32. The molecular formula is C5HCl3N2O3S. The molecule has 0 fully saturated rings. The molecule has 0 bridgehead atoms. The van der Waals surface area contributed by atoms with Gasteiger partial charge < -0.3 is 4.18 Å². The van der Waals surface area contributed by atoms with Gasteiger partial charge in [0.1, 0.15) is 10.7 Å². The van der Waals surface area contributed by atoms with Gasteiger partial charge in [-0.15, -0.1) is 0 Å². The highest BCUT2D eigenvalue weighted by atomic mass is 35.5. The van der Waals surface area contributed by atoms with Gasteiger partial charge in [-0.3, -0.25) is 0 Å².